The predicted octanol–water partition coefficient (Wildman–Crippen LogP) is 4.69. The third-order valence-corrected chi connectivity index (χ3v) is 5.63. The first kappa shape index (κ1) is 22.7. The SMILES string of the molecule is COc1ccc(-c2ccc(C(C)C(=O)O)n2-c2ccc(C(=O)Nc3cncnc3)cc2C)cc1. The summed E-state index contributed by atoms with van der Waals surface area (Å²) in [5.41, 5.74) is 4.97. The number of carboxylic acid groups (broad SMARTS) is 1. The van der Waals surface area contributed by atoms with Gasteiger partial charge in [-0.15, -0.1) is 0 Å². The molecule has 2 aromatic heterocycles. The minimum absolute atomic E-state index is 0.286. The molecule has 0 fully saturated rings. The Morgan fingerprint density at radius 2 is 1.74 bits per heavy atom. The fraction of sp³-hybridized carbons (Fsp3) is 0.154. The van der Waals surface area contributed by atoms with Crippen LogP contribution in [0.5, 0.6) is 5.75 Å². The van der Waals surface area contributed by atoms with Crippen LogP contribution in [0.4, 0.5) is 5.69 Å². The molecule has 0 saturated carbocycles. The second-order valence-corrected chi connectivity index (χ2v) is 7.85. The van der Waals surface area contributed by atoms with E-state index in [0.717, 1.165) is 28.3 Å². The van der Waals surface area contributed by atoms with Crippen LogP contribution in [-0.2, 0) is 4.79 Å². The number of nitrogens with zero attached hydrogens (tertiary/aromatic N) is 3. The first-order valence-corrected chi connectivity index (χ1v) is 10.6. The van der Waals surface area contributed by atoms with Gasteiger partial charge < -0.3 is 19.7 Å². The predicted molar refractivity (Wildman–Crippen MR) is 129 cm³/mol. The van der Waals surface area contributed by atoms with E-state index in [1.54, 1.807) is 26.2 Å². The minimum Gasteiger partial charge on any atom is -0.497 e. The first-order chi connectivity index (χ1) is 16.4. The third kappa shape index (κ3) is 4.52. The Kier molecular flexibility index (Phi) is 6.40. The standard InChI is InChI=1S/C26H24N4O4/c1-16-12-19(25(31)29-20-13-27-15-28-14-20)6-9-22(16)30-23(17(2)26(32)33)10-11-24(30)18-4-7-21(34-3)8-5-18/h4-15,17H,1-3H3,(H,29,31)(H,32,33). The molecule has 2 heterocycles. The molecule has 172 valence electrons. The topological polar surface area (TPSA) is 106 Å². The summed E-state index contributed by atoms with van der Waals surface area (Å²) < 4.78 is 7.20. The number of methoxy groups -OCH3 is 1. The molecular weight excluding hydrogens is 432 g/mol. The van der Waals surface area contributed by atoms with Crippen molar-refractivity contribution >= 4 is 17.6 Å². The molecule has 4 rings (SSSR count). The van der Waals surface area contributed by atoms with Gasteiger partial charge in [0.2, 0.25) is 0 Å². The highest BCUT2D eigenvalue weighted by molar-refractivity contribution is 6.04. The molecule has 0 aliphatic carbocycles. The number of benzene rings is 2. The lowest BCUT2D eigenvalue weighted by Crippen LogP contribution is -2.15. The molecule has 4 aromatic rings. The number of carbonyl (C=O) groups excluding carboxylic acids is 1. The Bertz CT molecular complexity index is 1330. The van der Waals surface area contributed by atoms with Gasteiger partial charge in [-0.05, 0) is 79.6 Å². The number of rotatable bonds is 7. The summed E-state index contributed by atoms with van der Waals surface area (Å²) >= 11 is 0. The van der Waals surface area contributed by atoms with Gasteiger partial charge in [0.15, 0.2) is 0 Å². The molecule has 0 radical (unpaired) electrons. The molecule has 8 nitrogen and oxygen atoms in total. The summed E-state index contributed by atoms with van der Waals surface area (Å²) in [5, 5.41) is 12.5. The molecule has 0 aliphatic heterocycles. The van der Waals surface area contributed by atoms with Crippen molar-refractivity contribution in [3.8, 4) is 22.7 Å². The Hall–Kier alpha value is -4.46. The lowest BCUT2D eigenvalue weighted by atomic mass is 10.1. The van der Waals surface area contributed by atoms with Crippen molar-refractivity contribution in [2.75, 3.05) is 12.4 Å². The molecule has 34 heavy (non-hydrogen) atoms. The van der Waals surface area contributed by atoms with E-state index in [0.29, 0.717) is 16.9 Å². The molecule has 1 amide bonds. The molecule has 0 spiro atoms. The van der Waals surface area contributed by atoms with E-state index in [2.05, 4.69) is 15.3 Å². The lowest BCUT2D eigenvalue weighted by Gasteiger charge is -2.19. The van der Waals surface area contributed by atoms with Crippen LogP contribution in [0.1, 0.15) is 34.5 Å². The van der Waals surface area contributed by atoms with Crippen LogP contribution < -0.4 is 10.1 Å². The van der Waals surface area contributed by atoms with Crippen molar-refractivity contribution in [2.24, 2.45) is 0 Å². The van der Waals surface area contributed by atoms with Crippen molar-refractivity contribution in [3.05, 3.63) is 90.1 Å². The van der Waals surface area contributed by atoms with E-state index in [1.807, 2.05) is 54.0 Å². The minimum atomic E-state index is -0.917. The van der Waals surface area contributed by atoms with Crippen molar-refractivity contribution in [3.63, 3.8) is 0 Å². The van der Waals surface area contributed by atoms with Gasteiger partial charge in [0.25, 0.3) is 5.91 Å². The van der Waals surface area contributed by atoms with Gasteiger partial charge in [0, 0.05) is 16.9 Å². The molecule has 1 atom stereocenters. The number of nitrogens with one attached hydrogen (secondary N) is 1. The highest BCUT2D eigenvalue weighted by atomic mass is 16.5. The maximum atomic E-state index is 12.7. The van der Waals surface area contributed by atoms with Crippen molar-refractivity contribution < 1.29 is 19.4 Å². The van der Waals surface area contributed by atoms with Crippen LogP contribution in [0.2, 0.25) is 0 Å². The van der Waals surface area contributed by atoms with E-state index in [9.17, 15) is 14.7 Å². The van der Waals surface area contributed by atoms with Crippen LogP contribution in [0.25, 0.3) is 16.9 Å². The fourth-order valence-corrected chi connectivity index (χ4v) is 3.79. The Morgan fingerprint density at radius 1 is 1.03 bits per heavy atom. The summed E-state index contributed by atoms with van der Waals surface area (Å²) in [6.07, 6.45) is 4.43. The Morgan fingerprint density at radius 3 is 2.35 bits per heavy atom. The molecule has 0 saturated heterocycles. The molecule has 0 aliphatic rings. The normalized spacial score (nSPS) is 11.6. The van der Waals surface area contributed by atoms with Gasteiger partial charge >= 0.3 is 5.97 Å². The van der Waals surface area contributed by atoms with Gasteiger partial charge in [0.05, 0.1) is 36.8 Å². The zero-order valence-corrected chi connectivity index (χ0v) is 19.0. The first-order valence-electron chi connectivity index (χ1n) is 10.6. The summed E-state index contributed by atoms with van der Waals surface area (Å²) in [6, 6.07) is 16.6. The number of anilines is 1. The van der Waals surface area contributed by atoms with Gasteiger partial charge in [-0.2, -0.15) is 0 Å². The highest BCUT2D eigenvalue weighted by Crippen LogP contribution is 2.33. The number of ether oxygens (including phenoxy) is 1. The lowest BCUT2D eigenvalue weighted by molar-refractivity contribution is -0.138. The number of carboxylic acids is 1. The van der Waals surface area contributed by atoms with E-state index in [-0.39, 0.29) is 5.91 Å². The zero-order chi connectivity index (χ0) is 24.2. The maximum Gasteiger partial charge on any atom is 0.312 e. The van der Waals surface area contributed by atoms with E-state index in [4.69, 9.17) is 4.74 Å². The van der Waals surface area contributed by atoms with Gasteiger partial charge in [-0.1, -0.05) is 0 Å². The maximum absolute atomic E-state index is 12.7. The largest absolute Gasteiger partial charge is 0.497 e. The van der Waals surface area contributed by atoms with Crippen LogP contribution in [0.3, 0.4) is 0 Å². The summed E-state index contributed by atoms with van der Waals surface area (Å²) in [6.45, 7) is 3.55. The molecule has 0 bridgehead atoms. The quantitative estimate of drug-likeness (QED) is 0.418. The zero-order valence-electron chi connectivity index (χ0n) is 19.0. The fourth-order valence-electron chi connectivity index (χ4n) is 3.79. The van der Waals surface area contributed by atoms with Crippen LogP contribution in [0.15, 0.2) is 73.3 Å². The number of amides is 1. The third-order valence-electron chi connectivity index (χ3n) is 5.63. The summed E-state index contributed by atoms with van der Waals surface area (Å²) in [4.78, 5) is 32.3. The van der Waals surface area contributed by atoms with Crippen LogP contribution >= 0.6 is 0 Å². The number of aliphatic carboxylic acids is 1. The Labute approximate surface area is 196 Å². The van der Waals surface area contributed by atoms with Gasteiger partial charge in [0.1, 0.15) is 12.1 Å². The van der Waals surface area contributed by atoms with Crippen molar-refractivity contribution in [2.45, 2.75) is 19.8 Å². The van der Waals surface area contributed by atoms with E-state index in [1.165, 1.54) is 18.7 Å². The van der Waals surface area contributed by atoms with Gasteiger partial charge in [-0.3, -0.25) is 9.59 Å². The number of carbonyl (C=O) groups is 2. The second-order valence-electron chi connectivity index (χ2n) is 7.85. The molecular formula is C26H24N4O4. The highest BCUT2D eigenvalue weighted by Gasteiger charge is 2.23. The van der Waals surface area contributed by atoms with Crippen LogP contribution in [0, 0.1) is 6.92 Å². The van der Waals surface area contributed by atoms with E-state index < -0.39 is 11.9 Å². The average molecular weight is 457 g/mol. The number of aryl methyl sites for hydroxylation is 1. The monoisotopic (exact) mass is 456 g/mol. The summed E-state index contributed by atoms with van der Waals surface area (Å²) in [5.74, 6) is -1.20. The molecule has 2 aromatic carbocycles. The van der Waals surface area contributed by atoms with Gasteiger partial charge in [-0.25, -0.2) is 9.97 Å². The van der Waals surface area contributed by atoms with E-state index >= 15 is 0 Å². The van der Waals surface area contributed by atoms with Crippen LogP contribution in [-0.4, -0.2) is 38.6 Å². The summed E-state index contributed by atoms with van der Waals surface area (Å²) in [7, 11) is 1.61. The Balaban J connectivity index is 1.76. The molecule has 1 unspecified atom stereocenters. The molecule has 8 heteroatoms. The van der Waals surface area contributed by atoms with Crippen molar-refractivity contribution in [1.29, 1.82) is 0 Å². The number of hydrogen-bond donors (Lipinski definition) is 2. The van der Waals surface area contributed by atoms with Crippen molar-refractivity contribution in [1.82, 2.24) is 14.5 Å². The number of aromatic nitrogens is 3. The second kappa shape index (κ2) is 9.58. The smallest absolute Gasteiger partial charge is 0.312 e. The average Bonchev–Trinajstić information content (AvgIpc) is 3.28. The number of hydrogen-bond acceptors (Lipinski definition) is 5. The molecule has 2 N–H and O–H groups in total.